The molecule has 122 valence electrons. The largest absolute Gasteiger partial charge is 0.332 e. The lowest BCUT2D eigenvalue weighted by atomic mass is 9.80. The van der Waals surface area contributed by atoms with E-state index in [9.17, 15) is 18.0 Å². The molecule has 2 aliphatic rings. The number of alkyl halides is 2. The van der Waals surface area contributed by atoms with Crippen molar-refractivity contribution in [2.75, 3.05) is 0 Å². The Kier molecular flexibility index (Phi) is 3.44. The molecule has 1 aromatic rings. The number of hydrogen-bond donors (Lipinski definition) is 0. The minimum atomic E-state index is -3.11. The normalized spacial score (nSPS) is 30.4. The maximum atomic E-state index is 13.9. The van der Waals surface area contributed by atoms with Crippen molar-refractivity contribution in [1.29, 1.82) is 5.26 Å². The van der Waals surface area contributed by atoms with E-state index < -0.39 is 29.1 Å². The number of benzene rings is 1. The van der Waals surface area contributed by atoms with Crippen LogP contribution in [0.2, 0.25) is 0 Å². The third kappa shape index (κ3) is 2.30. The minimum absolute atomic E-state index is 0.103. The van der Waals surface area contributed by atoms with E-state index >= 15 is 0 Å². The van der Waals surface area contributed by atoms with Crippen LogP contribution in [0.1, 0.15) is 50.3 Å². The van der Waals surface area contributed by atoms with Gasteiger partial charge in [-0.1, -0.05) is 0 Å². The summed E-state index contributed by atoms with van der Waals surface area (Å²) in [5, 5.41) is 8.96. The predicted octanol–water partition coefficient (Wildman–Crippen LogP) is 3.79. The molecule has 0 aromatic heterocycles. The van der Waals surface area contributed by atoms with E-state index in [0.717, 1.165) is 13.0 Å². The Morgan fingerprint density at radius 3 is 2.65 bits per heavy atom. The van der Waals surface area contributed by atoms with E-state index in [0.29, 0.717) is 18.4 Å². The topological polar surface area (TPSA) is 44.1 Å². The summed E-state index contributed by atoms with van der Waals surface area (Å²) in [6, 6.07) is 5.11. The Morgan fingerprint density at radius 2 is 2.04 bits per heavy atom. The number of carbonyl (C=O) groups is 1. The molecule has 0 spiro atoms. The van der Waals surface area contributed by atoms with Crippen LogP contribution in [0.4, 0.5) is 13.2 Å². The van der Waals surface area contributed by atoms with Gasteiger partial charge >= 0.3 is 0 Å². The van der Waals surface area contributed by atoms with E-state index in [1.807, 2.05) is 6.07 Å². The van der Waals surface area contributed by atoms with Gasteiger partial charge in [-0.2, -0.15) is 5.26 Å². The number of fused-ring (bicyclic) bond motifs is 1. The SMILES string of the molecule is CC(F)(F)[C@@]1(C)C[C@H]2CC[C@@H](c3cc(F)cc(C#N)c3)N2C1=O. The molecule has 1 amide bonds. The second kappa shape index (κ2) is 4.98. The van der Waals surface area contributed by atoms with Crippen LogP contribution in [0.25, 0.3) is 0 Å². The highest BCUT2D eigenvalue weighted by molar-refractivity contribution is 5.87. The molecule has 3 atom stereocenters. The maximum Gasteiger partial charge on any atom is 0.259 e. The molecule has 0 saturated carbocycles. The van der Waals surface area contributed by atoms with Crippen molar-refractivity contribution in [3.05, 3.63) is 35.1 Å². The Balaban J connectivity index is 1.98. The van der Waals surface area contributed by atoms with Gasteiger partial charge in [-0.25, -0.2) is 13.2 Å². The van der Waals surface area contributed by atoms with Crippen molar-refractivity contribution in [1.82, 2.24) is 4.90 Å². The summed E-state index contributed by atoms with van der Waals surface area (Å²) in [4.78, 5) is 14.1. The lowest BCUT2D eigenvalue weighted by Crippen LogP contribution is -2.44. The Morgan fingerprint density at radius 1 is 1.35 bits per heavy atom. The minimum Gasteiger partial charge on any atom is -0.332 e. The molecule has 3 nitrogen and oxygen atoms in total. The molecule has 3 rings (SSSR count). The van der Waals surface area contributed by atoms with Gasteiger partial charge in [-0.05, 0) is 49.9 Å². The molecule has 0 radical (unpaired) electrons. The first-order chi connectivity index (χ1) is 10.7. The van der Waals surface area contributed by atoms with Gasteiger partial charge in [-0.15, -0.1) is 0 Å². The summed E-state index contributed by atoms with van der Waals surface area (Å²) < 4.78 is 41.5. The maximum absolute atomic E-state index is 13.9. The van der Waals surface area contributed by atoms with Gasteiger partial charge in [0, 0.05) is 13.0 Å². The van der Waals surface area contributed by atoms with E-state index in [2.05, 4.69) is 0 Å². The summed E-state index contributed by atoms with van der Waals surface area (Å²) in [5.41, 5.74) is -1.05. The summed E-state index contributed by atoms with van der Waals surface area (Å²) >= 11 is 0. The summed E-state index contributed by atoms with van der Waals surface area (Å²) in [7, 11) is 0. The van der Waals surface area contributed by atoms with Crippen molar-refractivity contribution in [2.24, 2.45) is 5.41 Å². The molecular formula is C17H17F3N2O. The van der Waals surface area contributed by atoms with Gasteiger partial charge in [0.1, 0.15) is 11.2 Å². The average molecular weight is 322 g/mol. The van der Waals surface area contributed by atoms with E-state index in [1.165, 1.54) is 24.0 Å². The van der Waals surface area contributed by atoms with Gasteiger partial charge in [0.25, 0.3) is 5.92 Å². The monoisotopic (exact) mass is 322 g/mol. The second-order valence-corrected chi connectivity index (χ2v) is 6.77. The zero-order valence-electron chi connectivity index (χ0n) is 12.9. The predicted molar refractivity (Wildman–Crippen MR) is 77.1 cm³/mol. The highest BCUT2D eigenvalue weighted by Crippen LogP contribution is 2.54. The number of halogens is 3. The molecule has 0 unspecified atom stereocenters. The molecule has 0 N–H and O–H groups in total. The second-order valence-electron chi connectivity index (χ2n) is 6.77. The zero-order valence-corrected chi connectivity index (χ0v) is 12.9. The van der Waals surface area contributed by atoms with Crippen molar-refractivity contribution in [2.45, 2.75) is 51.1 Å². The van der Waals surface area contributed by atoms with Crippen LogP contribution in [0.5, 0.6) is 0 Å². The molecular weight excluding hydrogens is 305 g/mol. The molecule has 2 fully saturated rings. The quantitative estimate of drug-likeness (QED) is 0.831. The lowest BCUT2D eigenvalue weighted by Gasteiger charge is -2.31. The van der Waals surface area contributed by atoms with Crippen molar-refractivity contribution >= 4 is 5.91 Å². The first-order valence-corrected chi connectivity index (χ1v) is 7.58. The first-order valence-electron chi connectivity index (χ1n) is 7.58. The smallest absolute Gasteiger partial charge is 0.259 e. The average Bonchev–Trinajstić information content (AvgIpc) is 2.97. The van der Waals surface area contributed by atoms with Crippen LogP contribution in [-0.2, 0) is 4.79 Å². The molecule has 2 aliphatic heterocycles. The van der Waals surface area contributed by atoms with Crippen molar-refractivity contribution in [3.63, 3.8) is 0 Å². The van der Waals surface area contributed by atoms with E-state index in [-0.39, 0.29) is 18.0 Å². The standard InChI is InChI=1S/C17H17F3N2O/c1-16(17(2,19)20)8-13-3-4-14(22(13)15(16)23)11-5-10(9-21)6-12(18)7-11/h5-7,13-14H,3-4,8H2,1-2H3/t13-,14+,16+/m1/s1. The van der Waals surface area contributed by atoms with Gasteiger partial charge in [-0.3, -0.25) is 4.79 Å². The van der Waals surface area contributed by atoms with Gasteiger partial charge in [0.2, 0.25) is 5.91 Å². The van der Waals surface area contributed by atoms with Gasteiger partial charge in [0.15, 0.2) is 0 Å². The van der Waals surface area contributed by atoms with E-state index in [1.54, 1.807) is 0 Å². The fraction of sp³-hybridized carbons (Fsp3) is 0.529. The highest BCUT2D eigenvalue weighted by atomic mass is 19.3. The number of amides is 1. The van der Waals surface area contributed by atoms with Crippen LogP contribution < -0.4 is 0 Å². The molecule has 0 bridgehead atoms. The Bertz CT molecular complexity index is 707. The Labute approximate surface area is 132 Å². The zero-order chi connectivity index (χ0) is 17.0. The van der Waals surface area contributed by atoms with Crippen molar-refractivity contribution < 1.29 is 18.0 Å². The van der Waals surface area contributed by atoms with Crippen LogP contribution >= 0.6 is 0 Å². The lowest BCUT2D eigenvalue weighted by molar-refractivity contribution is -0.156. The molecule has 6 heteroatoms. The summed E-state index contributed by atoms with van der Waals surface area (Å²) in [6.07, 6.45) is 1.31. The fourth-order valence-corrected chi connectivity index (χ4v) is 3.80. The van der Waals surface area contributed by atoms with Crippen LogP contribution in [-0.4, -0.2) is 22.8 Å². The molecule has 0 aliphatic carbocycles. The number of nitrogens with zero attached hydrogens (tertiary/aromatic N) is 2. The summed E-state index contributed by atoms with van der Waals surface area (Å²) in [6.45, 7) is 2.08. The Hall–Kier alpha value is -2.03. The van der Waals surface area contributed by atoms with Crippen LogP contribution in [0.15, 0.2) is 18.2 Å². The van der Waals surface area contributed by atoms with E-state index in [4.69, 9.17) is 5.26 Å². The number of carbonyl (C=O) groups excluding carboxylic acids is 1. The number of hydrogen-bond acceptors (Lipinski definition) is 2. The highest BCUT2D eigenvalue weighted by Gasteiger charge is 2.62. The van der Waals surface area contributed by atoms with Gasteiger partial charge in [0.05, 0.1) is 17.7 Å². The van der Waals surface area contributed by atoms with Crippen molar-refractivity contribution in [3.8, 4) is 6.07 Å². The third-order valence-electron chi connectivity index (χ3n) is 5.26. The number of nitriles is 1. The molecule has 2 saturated heterocycles. The molecule has 2 heterocycles. The number of rotatable bonds is 2. The van der Waals surface area contributed by atoms with Crippen LogP contribution in [0.3, 0.4) is 0 Å². The molecule has 1 aromatic carbocycles. The first kappa shape index (κ1) is 15.9. The molecule has 23 heavy (non-hydrogen) atoms. The van der Waals surface area contributed by atoms with Gasteiger partial charge < -0.3 is 4.90 Å². The third-order valence-corrected chi connectivity index (χ3v) is 5.26. The van der Waals surface area contributed by atoms with Crippen LogP contribution in [0, 0.1) is 22.6 Å². The summed E-state index contributed by atoms with van der Waals surface area (Å²) in [5.74, 6) is -4.25. The fourth-order valence-electron chi connectivity index (χ4n) is 3.80.